The van der Waals surface area contributed by atoms with Gasteiger partial charge in [0.05, 0.1) is 5.25 Å². The van der Waals surface area contributed by atoms with E-state index in [4.69, 9.17) is 4.98 Å². The molecule has 2 aromatic rings. The molecular weight excluding hydrogens is 288 g/mol. The topological polar surface area (TPSA) is 43.6 Å². The van der Waals surface area contributed by atoms with E-state index in [1.807, 2.05) is 46.4 Å². The Morgan fingerprint density at radius 3 is 2.85 bits per heavy atom. The summed E-state index contributed by atoms with van der Waals surface area (Å²) in [4.78, 5) is 9.11. The Balaban J connectivity index is 2.34. The van der Waals surface area contributed by atoms with Crippen LogP contribution in [0.5, 0.6) is 0 Å². The van der Waals surface area contributed by atoms with Crippen LogP contribution >= 0.6 is 23.5 Å². The fourth-order valence-electron chi connectivity index (χ4n) is 1.90. The maximum Gasteiger partial charge on any atom is 0.155 e. The summed E-state index contributed by atoms with van der Waals surface area (Å²) in [5.74, 6) is 4.85. The van der Waals surface area contributed by atoms with Crippen molar-refractivity contribution in [1.29, 1.82) is 0 Å². The number of thioether (sulfide) groups is 2. The number of aromatic nitrogens is 4. The van der Waals surface area contributed by atoms with E-state index in [9.17, 15) is 0 Å². The van der Waals surface area contributed by atoms with Gasteiger partial charge in [0.1, 0.15) is 5.82 Å². The van der Waals surface area contributed by atoms with Crippen LogP contribution in [0.3, 0.4) is 0 Å². The largest absolute Gasteiger partial charge is 0.237 e. The number of nitrogens with zero attached hydrogens (tertiary/aromatic N) is 4. The third-order valence-corrected chi connectivity index (χ3v) is 4.51. The summed E-state index contributed by atoms with van der Waals surface area (Å²) >= 11 is 3.69. The van der Waals surface area contributed by atoms with Crippen LogP contribution in [0.2, 0.25) is 0 Å². The summed E-state index contributed by atoms with van der Waals surface area (Å²) < 4.78 is 1.89. The molecule has 0 amide bonds. The molecule has 2 rings (SSSR count). The molecule has 0 saturated heterocycles. The van der Waals surface area contributed by atoms with Crippen LogP contribution in [0.4, 0.5) is 0 Å². The van der Waals surface area contributed by atoms with Crippen LogP contribution in [0, 0.1) is 0 Å². The fraction of sp³-hybridized carbons (Fsp3) is 0.500. The molecule has 0 aliphatic rings. The molecule has 0 spiro atoms. The van der Waals surface area contributed by atoms with Gasteiger partial charge in [-0.3, -0.25) is 0 Å². The second-order valence-corrected chi connectivity index (χ2v) is 6.93. The van der Waals surface area contributed by atoms with Crippen LogP contribution in [0.25, 0.3) is 5.82 Å². The van der Waals surface area contributed by atoms with Gasteiger partial charge in [-0.1, -0.05) is 13.0 Å². The highest BCUT2D eigenvalue weighted by atomic mass is 32.2. The highest BCUT2D eigenvalue weighted by Crippen LogP contribution is 2.27. The van der Waals surface area contributed by atoms with Gasteiger partial charge in [-0.05, 0) is 31.1 Å². The van der Waals surface area contributed by atoms with E-state index in [0.29, 0.717) is 5.25 Å². The lowest BCUT2D eigenvalue weighted by Gasteiger charge is -2.10. The summed E-state index contributed by atoms with van der Waals surface area (Å²) in [6.07, 6.45) is 4.80. The molecule has 0 aliphatic heterocycles. The van der Waals surface area contributed by atoms with Crippen molar-refractivity contribution in [1.82, 2.24) is 19.7 Å². The predicted molar refractivity (Wildman–Crippen MR) is 87.8 cm³/mol. The molecule has 0 N–H and O–H groups in total. The van der Waals surface area contributed by atoms with Gasteiger partial charge in [-0.2, -0.15) is 28.2 Å². The lowest BCUT2D eigenvalue weighted by atomic mass is 10.4. The second-order valence-electron chi connectivity index (χ2n) is 4.33. The molecule has 2 heterocycles. The molecule has 0 fully saturated rings. The van der Waals surface area contributed by atoms with Gasteiger partial charge in [-0.15, -0.1) is 5.10 Å². The first kappa shape index (κ1) is 15.4. The quantitative estimate of drug-likeness (QED) is 0.784. The van der Waals surface area contributed by atoms with E-state index < -0.39 is 0 Å². The van der Waals surface area contributed by atoms with Crippen LogP contribution in [-0.2, 0) is 6.42 Å². The van der Waals surface area contributed by atoms with E-state index in [-0.39, 0.29) is 0 Å². The summed E-state index contributed by atoms with van der Waals surface area (Å²) in [6.45, 7) is 4.34. The zero-order chi connectivity index (χ0) is 14.4. The Labute approximate surface area is 128 Å². The Morgan fingerprint density at radius 1 is 1.35 bits per heavy atom. The van der Waals surface area contributed by atoms with Crippen molar-refractivity contribution < 1.29 is 0 Å². The molecule has 6 heteroatoms. The minimum Gasteiger partial charge on any atom is -0.237 e. The normalized spacial score (nSPS) is 12.6. The zero-order valence-electron chi connectivity index (χ0n) is 12.1. The monoisotopic (exact) mass is 308 g/mol. The second kappa shape index (κ2) is 7.69. The summed E-state index contributed by atoms with van der Waals surface area (Å²) in [5, 5.41) is 4.95. The number of hydrogen-bond acceptors (Lipinski definition) is 5. The summed E-state index contributed by atoms with van der Waals surface area (Å²) in [6, 6.07) is 5.87. The standard InChI is InChI=1S/C14H20N4S2/c1-4-20-11(2)14-16-12(8-10-19-3)17-18(14)13-7-5-6-9-15-13/h5-7,9,11H,4,8,10H2,1-3H3. The van der Waals surface area contributed by atoms with Gasteiger partial charge in [-0.25, -0.2) is 9.97 Å². The number of aryl methyl sites for hydroxylation is 1. The summed E-state index contributed by atoms with van der Waals surface area (Å²) in [5.41, 5.74) is 0. The van der Waals surface area contributed by atoms with Gasteiger partial charge < -0.3 is 0 Å². The SMILES string of the molecule is CCSC(C)c1nc(CCSC)nn1-c1ccccn1. The molecule has 0 radical (unpaired) electrons. The van der Waals surface area contributed by atoms with E-state index in [1.165, 1.54) is 0 Å². The van der Waals surface area contributed by atoms with Crippen molar-refractivity contribution in [3.63, 3.8) is 0 Å². The maximum absolute atomic E-state index is 4.72. The van der Waals surface area contributed by atoms with E-state index in [0.717, 1.165) is 35.4 Å². The molecule has 0 saturated carbocycles. The smallest absolute Gasteiger partial charge is 0.155 e. The molecule has 4 nitrogen and oxygen atoms in total. The predicted octanol–water partition coefficient (Wildman–Crippen LogP) is 3.38. The average Bonchev–Trinajstić information content (AvgIpc) is 2.90. The van der Waals surface area contributed by atoms with Crippen LogP contribution in [0.15, 0.2) is 24.4 Å². The molecule has 20 heavy (non-hydrogen) atoms. The molecule has 1 unspecified atom stereocenters. The minimum atomic E-state index is 0.317. The average molecular weight is 308 g/mol. The molecule has 0 aromatic carbocycles. The Hall–Kier alpha value is -1.01. The maximum atomic E-state index is 4.72. The minimum absolute atomic E-state index is 0.317. The number of hydrogen-bond donors (Lipinski definition) is 0. The number of pyridine rings is 1. The molecule has 0 bridgehead atoms. The Kier molecular flexibility index (Phi) is 5.91. The molecule has 0 aliphatic carbocycles. The van der Waals surface area contributed by atoms with Crippen molar-refractivity contribution in [3.05, 3.63) is 36.0 Å². The first-order chi connectivity index (χ1) is 9.76. The van der Waals surface area contributed by atoms with Gasteiger partial charge in [0.2, 0.25) is 0 Å². The van der Waals surface area contributed by atoms with Gasteiger partial charge in [0, 0.05) is 18.4 Å². The van der Waals surface area contributed by atoms with Crippen molar-refractivity contribution in [2.24, 2.45) is 0 Å². The van der Waals surface area contributed by atoms with E-state index in [2.05, 4.69) is 30.2 Å². The van der Waals surface area contributed by atoms with Gasteiger partial charge in [0.25, 0.3) is 0 Å². The zero-order valence-corrected chi connectivity index (χ0v) is 13.7. The molecular formula is C14H20N4S2. The van der Waals surface area contributed by atoms with Crippen molar-refractivity contribution >= 4 is 23.5 Å². The highest BCUT2D eigenvalue weighted by molar-refractivity contribution is 7.99. The highest BCUT2D eigenvalue weighted by Gasteiger charge is 2.17. The molecule has 2 aromatic heterocycles. The van der Waals surface area contributed by atoms with Crippen molar-refractivity contribution in [2.75, 3.05) is 17.8 Å². The van der Waals surface area contributed by atoms with Crippen LogP contribution < -0.4 is 0 Å². The molecule has 108 valence electrons. The first-order valence-corrected chi connectivity index (χ1v) is 9.18. The van der Waals surface area contributed by atoms with E-state index >= 15 is 0 Å². The van der Waals surface area contributed by atoms with Crippen molar-refractivity contribution in [3.8, 4) is 5.82 Å². The van der Waals surface area contributed by atoms with E-state index in [1.54, 1.807) is 6.20 Å². The molecule has 1 atom stereocenters. The number of rotatable bonds is 7. The Bertz CT molecular complexity index is 527. The summed E-state index contributed by atoms with van der Waals surface area (Å²) in [7, 11) is 0. The lowest BCUT2D eigenvalue weighted by molar-refractivity contribution is 0.764. The third-order valence-electron chi connectivity index (χ3n) is 2.85. The first-order valence-electron chi connectivity index (χ1n) is 6.74. The van der Waals surface area contributed by atoms with Crippen LogP contribution in [-0.4, -0.2) is 37.5 Å². The van der Waals surface area contributed by atoms with Crippen molar-refractivity contribution in [2.45, 2.75) is 25.5 Å². The van der Waals surface area contributed by atoms with Crippen LogP contribution in [0.1, 0.15) is 30.7 Å². The fourth-order valence-corrected chi connectivity index (χ4v) is 3.09. The van der Waals surface area contributed by atoms with Gasteiger partial charge >= 0.3 is 0 Å². The van der Waals surface area contributed by atoms with Gasteiger partial charge in [0.15, 0.2) is 11.6 Å². The lowest BCUT2D eigenvalue weighted by Crippen LogP contribution is -2.06. The third kappa shape index (κ3) is 3.76. The Morgan fingerprint density at radius 2 is 2.20 bits per heavy atom.